The van der Waals surface area contributed by atoms with E-state index in [1.165, 1.54) is 11.3 Å². The van der Waals surface area contributed by atoms with Crippen LogP contribution in [0.5, 0.6) is 0 Å². The summed E-state index contributed by atoms with van der Waals surface area (Å²) in [4.78, 5) is 27.4. The predicted octanol–water partition coefficient (Wildman–Crippen LogP) is 4.38. The van der Waals surface area contributed by atoms with Crippen LogP contribution in [-0.4, -0.2) is 33.5 Å². The maximum absolute atomic E-state index is 13.1. The molecule has 1 N–H and O–H groups in total. The molecule has 3 aromatic rings. The number of rotatable bonds is 4. The summed E-state index contributed by atoms with van der Waals surface area (Å²) in [5.74, 6) is -0.279. The number of aromatic nitrogens is 2. The lowest BCUT2D eigenvalue weighted by Crippen LogP contribution is -2.31. The maximum atomic E-state index is 13.1. The molecule has 0 saturated carbocycles. The van der Waals surface area contributed by atoms with Gasteiger partial charge in [0.2, 0.25) is 5.01 Å². The zero-order valence-electron chi connectivity index (χ0n) is 16.4. The fraction of sp³-hybridized carbons (Fsp3) is 0.273. The van der Waals surface area contributed by atoms with Crippen LogP contribution in [0.3, 0.4) is 0 Å². The van der Waals surface area contributed by atoms with E-state index in [0.29, 0.717) is 22.1 Å². The first-order chi connectivity index (χ1) is 14.0. The average Bonchev–Trinajstić information content (AvgIpc) is 3.39. The first-order valence-electron chi connectivity index (χ1n) is 9.61. The number of likely N-dealkylation sites (tertiary alicyclic amines) is 1. The molecule has 0 bridgehead atoms. The van der Waals surface area contributed by atoms with Crippen molar-refractivity contribution >= 4 is 28.8 Å². The molecule has 1 atom stereocenters. The van der Waals surface area contributed by atoms with Crippen LogP contribution in [0, 0.1) is 13.8 Å². The van der Waals surface area contributed by atoms with Crippen molar-refractivity contribution < 1.29 is 9.59 Å². The summed E-state index contributed by atoms with van der Waals surface area (Å²) in [7, 11) is 0. The maximum Gasteiger partial charge on any atom is 0.286 e. The Hall–Kier alpha value is -3.06. The first kappa shape index (κ1) is 19.3. The summed E-state index contributed by atoms with van der Waals surface area (Å²) >= 11 is 1.25. The third-order valence-electron chi connectivity index (χ3n) is 5.12. The van der Waals surface area contributed by atoms with Crippen molar-refractivity contribution in [1.82, 2.24) is 15.1 Å². The normalized spacial score (nSPS) is 16.1. The number of aryl methyl sites for hydroxylation is 2. The Labute approximate surface area is 173 Å². The van der Waals surface area contributed by atoms with Gasteiger partial charge in [-0.1, -0.05) is 47.2 Å². The second-order valence-electron chi connectivity index (χ2n) is 7.24. The molecule has 0 spiro atoms. The van der Waals surface area contributed by atoms with Crippen LogP contribution in [0.25, 0.3) is 0 Å². The first-order valence-corrected chi connectivity index (χ1v) is 10.4. The number of nitrogens with one attached hydrogen (secondary N) is 1. The Morgan fingerprint density at radius 2 is 1.83 bits per heavy atom. The van der Waals surface area contributed by atoms with Gasteiger partial charge in [-0.15, -0.1) is 10.2 Å². The third-order valence-corrected chi connectivity index (χ3v) is 6.14. The lowest BCUT2D eigenvalue weighted by atomic mass is 10.1. The van der Waals surface area contributed by atoms with E-state index in [4.69, 9.17) is 0 Å². The van der Waals surface area contributed by atoms with E-state index in [0.717, 1.165) is 29.7 Å². The van der Waals surface area contributed by atoms with E-state index in [-0.39, 0.29) is 17.9 Å². The summed E-state index contributed by atoms with van der Waals surface area (Å²) in [5, 5.41) is 12.2. The standard InChI is InChI=1S/C22H22N4O2S/c1-14-9-11-16(12-10-14)23-19(27)21-25-24-20(29-21)18-8-5-13-26(18)22(28)17-7-4-3-6-15(17)2/h3-4,6-7,9-12,18H,5,8,13H2,1-2H3,(H,23,27)/t18-/m0/s1. The molecule has 1 aliphatic heterocycles. The topological polar surface area (TPSA) is 75.2 Å². The van der Waals surface area contributed by atoms with Crippen LogP contribution < -0.4 is 5.32 Å². The molecule has 1 aromatic heterocycles. The van der Waals surface area contributed by atoms with Crippen molar-refractivity contribution in [3.8, 4) is 0 Å². The predicted molar refractivity (Wildman–Crippen MR) is 113 cm³/mol. The summed E-state index contributed by atoms with van der Waals surface area (Å²) in [6.45, 7) is 4.62. The quantitative estimate of drug-likeness (QED) is 0.697. The van der Waals surface area contributed by atoms with Gasteiger partial charge >= 0.3 is 0 Å². The zero-order chi connectivity index (χ0) is 20.4. The van der Waals surface area contributed by atoms with E-state index in [9.17, 15) is 9.59 Å². The fourth-order valence-electron chi connectivity index (χ4n) is 3.52. The van der Waals surface area contributed by atoms with Gasteiger partial charge < -0.3 is 10.2 Å². The Kier molecular flexibility index (Phi) is 5.40. The van der Waals surface area contributed by atoms with Gasteiger partial charge in [-0.2, -0.15) is 0 Å². The van der Waals surface area contributed by atoms with Crippen molar-refractivity contribution in [3.05, 3.63) is 75.2 Å². The molecular formula is C22H22N4O2S. The molecule has 0 radical (unpaired) electrons. The van der Waals surface area contributed by atoms with Gasteiger partial charge in [0.05, 0.1) is 6.04 Å². The number of carbonyl (C=O) groups is 2. The Balaban J connectivity index is 1.50. The van der Waals surface area contributed by atoms with Crippen molar-refractivity contribution in [2.45, 2.75) is 32.7 Å². The number of hydrogen-bond acceptors (Lipinski definition) is 5. The van der Waals surface area contributed by atoms with Gasteiger partial charge in [-0.25, -0.2) is 0 Å². The minimum Gasteiger partial charge on any atom is -0.329 e. The number of hydrogen-bond donors (Lipinski definition) is 1. The van der Waals surface area contributed by atoms with Crippen LogP contribution in [-0.2, 0) is 0 Å². The van der Waals surface area contributed by atoms with Crippen LogP contribution in [0.4, 0.5) is 5.69 Å². The number of amides is 2. The highest BCUT2D eigenvalue weighted by Crippen LogP contribution is 2.35. The summed E-state index contributed by atoms with van der Waals surface area (Å²) in [5.41, 5.74) is 3.51. The molecule has 0 aliphatic carbocycles. The molecule has 2 aromatic carbocycles. The zero-order valence-corrected chi connectivity index (χ0v) is 17.2. The van der Waals surface area contributed by atoms with Gasteiger partial charge in [0.15, 0.2) is 0 Å². The number of nitrogens with zero attached hydrogens (tertiary/aromatic N) is 3. The molecule has 6 nitrogen and oxygen atoms in total. The molecule has 4 rings (SSSR count). The van der Waals surface area contributed by atoms with Crippen molar-refractivity contribution in [2.75, 3.05) is 11.9 Å². The SMILES string of the molecule is Cc1ccc(NC(=O)c2nnc([C@@H]3CCCN3C(=O)c3ccccc3C)s2)cc1. The molecule has 7 heteroatoms. The van der Waals surface area contributed by atoms with E-state index >= 15 is 0 Å². The van der Waals surface area contributed by atoms with Gasteiger partial charge in [0.25, 0.3) is 11.8 Å². The molecule has 148 valence electrons. The minimum atomic E-state index is -0.285. The van der Waals surface area contributed by atoms with E-state index in [2.05, 4.69) is 15.5 Å². The highest BCUT2D eigenvalue weighted by atomic mass is 32.1. The Bertz CT molecular complexity index is 1040. The van der Waals surface area contributed by atoms with Gasteiger partial charge in [0.1, 0.15) is 5.01 Å². The highest BCUT2D eigenvalue weighted by Gasteiger charge is 2.34. The van der Waals surface area contributed by atoms with Crippen LogP contribution in [0.2, 0.25) is 0 Å². The molecular weight excluding hydrogens is 384 g/mol. The van der Waals surface area contributed by atoms with E-state index in [1.54, 1.807) is 0 Å². The molecule has 2 heterocycles. The molecule has 0 unspecified atom stereocenters. The monoisotopic (exact) mass is 406 g/mol. The molecule has 1 saturated heterocycles. The fourth-order valence-corrected chi connectivity index (χ4v) is 4.40. The van der Waals surface area contributed by atoms with Gasteiger partial charge in [-0.05, 0) is 50.5 Å². The lowest BCUT2D eigenvalue weighted by Gasteiger charge is -2.23. The third kappa shape index (κ3) is 4.05. The molecule has 1 fully saturated rings. The summed E-state index contributed by atoms with van der Waals surface area (Å²) in [6, 6.07) is 15.1. The van der Waals surface area contributed by atoms with Crippen LogP contribution >= 0.6 is 11.3 Å². The number of carbonyl (C=O) groups excluding carboxylic acids is 2. The molecule has 29 heavy (non-hydrogen) atoms. The number of benzene rings is 2. The Morgan fingerprint density at radius 3 is 2.59 bits per heavy atom. The second kappa shape index (κ2) is 8.13. The van der Waals surface area contributed by atoms with Gasteiger partial charge in [-0.3, -0.25) is 9.59 Å². The molecule has 1 aliphatic rings. The van der Waals surface area contributed by atoms with Crippen molar-refractivity contribution in [1.29, 1.82) is 0 Å². The van der Waals surface area contributed by atoms with Crippen LogP contribution in [0.15, 0.2) is 48.5 Å². The van der Waals surface area contributed by atoms with Crippen LogP contribution in [0.1, 0.15) is 55.2 Å². The van der Waals surface area contributed by atoms with E-state index in [1.807, 2.05) is 67.3 Å². The minimum absolute atomic E-state index is 0.00598. The smallest absolute Gasteiger partial charge is 0.286 e. The average molecular weight is 407 g/mol. The Morgan fingerprint density at radius 1 is 1.07 bits per heavy atom. The molecule has 2 amide bonds. The number of anilines is 1. The lowest BCUT2D eigenvalue weighted by molar-refractivity contribution is 0.0734. The summed E-state index contributed by atoms with van der Waals surface area (Å²) in [6.07, 6.45) is 1.73. The van der Waals surface area contributed by atoms with Crippen molar-refractivity contribution in [3.63, 3.8) is 0 Å². The highest BCUT2D eigenvalue weighted by molar-refractivity contribution is 7.13. The second-order valence-corrected chi connectivity index (χ2v) is 8.25. The largest absolute Gasteiger partial charge is 0.329 e. The van der Waals surface area contributed by atoms with E-state index < -0.39 is 0 Å². The van der Waals surface area contributed by atoms with Crippen molar-refractivity contribution in [2.24, 2.45) is 0 Å². The van der Waals surface area contributed by atoms with Gasteiger partial charge in [0, 0.05) is 17.8 Å². The summed E-state index contributed by atoms with van der Waals surface area (Å²) < 4.78 is 0.